The Hall–Kier alpha value is -1.93. The Balaban J connectivity index is 1.83. The molecule has 0 N–H and O–H groups in total. The first-order valence-electron chi connectivity index (χ1n) is 6.45. The molecule has 1 heterocycles. The van der Waals surface area contributed by atoms with E-state index in [1.807, 2.05) is 68.4 Å². The highest BCUT2D eigenvalue weighted by molar-refractivity contribution is 6.02. The quantitative estimate of drug-likeness (QED) is 0.618. The van der Waals surface area contributed by atoms with Crippen molar-refractivity contribution in [3.8, 4) is 0 Å². The molecule has 0 amide bonds. The first kappa shape index (κ1) is 12.1. The van der Waals surface area contributed by atoms with Crippen LogP contribution in [0.4, 0.5) is 0 Å². The Labute approximate surface area is 113 Å². The maximum Gasteiger partial charge on any atom is 0.194 e. The lowest BCUT2D eigenvalue weighted by molar-refractivity contribution is 0.0953. The highest BCUT2D eigenvalue weighted by Gasteiger charge is 2.57. The standard InChI is InChI=1S/C17H16O2/c1-12-8-10-13(11-9-12)15(18)16-17(2,19-16)14-6-4-3-5-7-14/h3-11,16H,1-2H3/t16-,17-/m0/s1. The van der Waals surface area contributed by atoms with Gasteiger partial charge < -0.3 is 4.74 Å². The predicted octanol–water partition coefficient (Wildman–Crippen LogP) is 3.49. The highest BCUT2D eigenvalue weighted by atomic mass is 16.6. The molecular formula is C17H16O2. The second-order valence-corrected chi connectivity index (χ2v) is 5.20. The first-order chi connectivity index (χ1) is 9.11. The van der Waals surface area contributed by atoms with E-state index in [-0.39, 0.29) is 11.9 Å². The average Bonchev–Trinajstić information content (AvgIpc) is 3.14. The maximum absolute atomic E-state index is 12.4. The van der Waals surface area contributed by atoms with Crippen molar-refractivity contribution >= 4 is 5.78 Å². The Kier molecular flexibility index (Phi) is 2.76. The van der Waals surface area contributed by atoms with E-state index in [0.717, 1.165) is 16.7 Å². The summed E-state index contributed by atoms with van der Waals surface area (Å²) in [4.78, 5) is 12.4. The molecule has 2 nitrogen and oxygen atoms in total. The van der Waals surface area contributed by atoms with Crippen molar-refractivity contribution in [2.75, 3.05) is 0 Å². The minimum atomic E-state index is -0.469. The Morgan fingerprint density at radius 2 is 1.68 bits per heavy atom. The molecule has 0 unspecified atom stereocenters. The van der Waals surface area contributed by atoms with Gasteiger partial charge in [-0.1, -0.05) is 60.2 Å². The molecular weight excluding hydrogens is 236 g/mol. The van der Waals surface area contributed by atoms with E-state index < -0.39 is 5.60 Å². The maximum atomic E-state index is 12.4. The summed E-state index contributed by atoms with van der Waals surface area (Å²) < 4.78 is 5.69. The number of aryl methyl sites for hydroxylation is 1. The van der Waals surface area contributed by atoms with Crippen molar-refractivity contribution in [1.29, 1.82) is 0 Å². The molecule has 0 saturated carbocycles. The number of carbonyl (C=O) groups is 1. The van der Waals surface area contributed by atoms with E-state index in [1.54, 1.807) is 0 Å². The van der Waals surface area contributed by atoms with Crippen LogP contribution < -0.4 is 0 Å². The fourth-order valence-electron chi connectivity index (χ4n) is 2.37. The van der Waals surface area contributed by atoms with Gasteiger partial charge in [-0.2, -0.15) is 0 Å². The highest BCUT2D eigenvalue weighted by Crippen LogP contribution is 2.47. The van der Waals surface area contributed by atoms with Crippen molar-refractivity contribution in [3.05, 3.63) is 71.3 Å². The van der Waals surface area contributed by atoms with Gasteiger partial charge in [-0.15, -0.1) is 0 Å². The molecule has 19 heavy (non-hydrogen) atoms. The summed E-state index contributed by atoms with van der Waals surface area (Å²) in [7, 11) is 0. The molecule has 1 fully saturated rings. The number of ketones is 1. The van der Waals surface area contributed by atoms with Crippen LogP contribution >= 0.6 is 0 Å². The summed E-state index contributed by atoms with van der Waals surface area (Å²) in [6.45, 7) is 3.98. The van der Waals surface area contributed by atoms with Gasteiger partial charge >= 0.3 is 0 Å². The summed E-state index contributed by atoms with van der Waals surface area (Å²) in [6.07, 6.45) is -0.363. The number of Topliss-reactive ketones (excluding diaryl/α,β-unsaturated/α-hetero) is 1. The molecule has 1 saturated heterocycles. The number of hydrogen-bond acceptors (Lipinski definition) is 2. The third kappa shape index (κ3) is 2.08. The summed E-state index contributed by atoms with van der Waals surface area (Å²) in [5, 5.41) is 0. The van der Waals surface area contributed by atoms with Crippen molar-refractivity contribution in [3.63, 3.8) is 0 Å². The minimum absolute atomic E-state index is 0.0614. The van der Waals surface area contributed by atoms with Gasteiger partial charge in [0.25, 0.3) is 0 Å². The fourth-order valence-corrected chi connectivity index (χ4v) is 2.37. The molecule has 2 heteroatoms. The van der Waals surface area contributed by atoms with Gasteiger partial charge in [-0.3, -0.25) is 4.79 Å². The van der Waals surface area contributed by atoms with Crippen LogP contribution in [0.5, 0.6) is 0 Å². The monoisotopic (exact) mass is 252 g/mol. The van der Waals surface area contributed by atoms with E-state index in [4.69, 9.17) is 4.74 Å². The molecule has 1 aliphatic heterocycles. The van der Waals surface area contributed by atoms with Gasteiger partial charge in [0.1, 0.15) is 5.60 Å². The molecule has 2 aromatic carbocycles. The molecule has 0 radical (unpaired) electrons. The predicted molar refractivity (Wildman–Crippen MR) is 74.2 cm³/mol. The van der Waals surface area contributed by atoms with Crippen LogP contribution in [0.1, 0.15) is 28.4 Å². The molecule has 0 aliphatic carbocycles. The lowest BCUT2D eigenvalue weighted by atomic mass is 9.93. The van der Waals surface area contributed by atoms with Gasteiger partial charge in [-0.25, -0.2) is 0 Å². The van der Waals surface area contributed by atoms with Crippen molar-refractivity contribution in [1.82, 2.24) is 0 Å². The van der Waals surface area contributed by atoms with Crippen LogP contribution in [0.25, 0.3) is 0 Å². The normalized spacial score (nSPS) is 25.1. The first-order valence-corrected chi connectivity index (χ1v) is 6.45. The number of carbonyl (C=O) groups excluding carboxylic acids is 1. The SMILES string of the molecule is Cc1ccc(C(=O)[C@@H]2O[C@@]2(C)c2ccccc2)cc1. The minimum Gasteiger partial charge on any atom is -0.353 e. The molecule has 0 spiro atoms. The number of benzene rings is 2. The largest absolute Gasteiger partial charge is 0.353 e. The molecule has 96 valence electrons. The van der Waals surface area contributed by atoms with E-state index in [9.17, 15) is 4.79 Å². The van der Waals surface area contributed by atoms with Crippen LogP contribution in [0.15, 0.2) is 54.6 Å². The third-order valence-corrected chi connectivity index (χ3v) is 3.73. The topological polar surface area (TPSA) is 29.6 Å². The zero-order chi connectivity index (χ0) is 13.5. The number of rotatable bonds is 3. The second-order valence-electron chi connectivity index (χ2n) is 5.20. The molecule has 3 rings (SSSR count). The van der Waals surface area contributed by atoms with Crippen LogP contribution in [-0.4, -0.2) is 11.9 Å². The Bertz CT molecular complexity index is 601. The van der Waals surface area contributed by atoms with Gasteiger partial charge in [0.2, 0.25) is 0 Å². The molecule has 2 aromatic rings. The average molecular weight is 252 g/mol. The van der Waals surface area contributed by atoms with Gasteiger partial charge in [0.05, 0.1) is 0 Å². The summed E-state index contributed by atoms with van der Waals surface area (Å²) in [5.41, 5.74) is 2.46. The van der Waals surface area contributed by atoms with Gasteiger partial charge in [-0.05, 0) is 19.4 Å². The van der Waals surface area contributed by atoms with Crippen LogP contribution in [0, 0.1) is 6.92 Å². The molecule has 0 bridgehead atoms. The number of hydrogen-bond donors (Lipinski definition) is 0. The zero-order valence-corrected chi connectivity index (χ0v) is 11.1. The lowest BCUT2D eigenvalue weighted by Crippen LogP contribution is -2.16. The Morgan fingerprint density at radius 1 is 1.05 bits per heavy atom. The Morgan fingerprint density at radius 3 is 2.32 bits per heavy atom. The second kappa shape index (κ2) is 4.32. The number of ether oxygens (including phenoxy) is 1. The zero-order valence-electron chi connectivity index (χ0n) is 11.1. The van der Waals surface area contributed by atoms with Gasteiger partial charge in [0, 0.05) is 5.56 Å². The van der Waals surface area contributed by atoms with E-state index in [2.05, 4.69) is 0 Å². The van der Waals surface area contributed by atoms with Crippen molar-refractivity contribution in [2.24, 2.45) is 0 Å². The third-order valence-electron chi connectivity index (χ3n) is 3.73. The van der Waals surface area contributed by atoms with Crippen LogP contribution in [0.2, 0.25) is 0 Å². The smallest absolute Gasteiger partial charge is 0.194 e. The van der Waals surface area contributed by atoms with Crippen molar-refractivity contribution in [2.45, 2.75) is 25.6 Å². The van der Waals surface area contributed by atoms with Gasteiger partial charge in [0.15, 0.2) is 11.9 Å². The van der Waals surface area contributed by atoms with Crippen LogP contribution in [-0.2, 0) is 10.3 Å². The van der Waals surface area contributed by atoms with Crippen LogP contribution in [0.3, 0.4) is 0 Å². The molecule has 0 aromatic heterocycles. The number of epoxide rings is 1. The van der Waals surface area contributed by atoms with Crippen molar-refractivity contribution < 1.29 is 9.53 Å². The van der Waals surface area contributed by atoms with E-state index >= 15 is 0 Å². The fraction of sp³-hybridized carbons (Fsp3) is 0.235. The van der Waals surface area contributed by atoms with E-state index in [0.29, 0.717) is 0 Å². The lowest BCUT2D eigenvalue weighted by Gasteiger charge is -2.06. The summed E-state index contributed by atoms with van der Waals surface area (Å²) in [5.74, 6) is 0.0614. The summed E-state index contributed by atoms with van der Waals surface area (Å²) in [6, 6.07) is 17.5. The van der Waals surface area contributed by atoms with E-state index in [1.165, 1.54) is 0 Å². The molecule has 2 atom stereocenters. The molecule has 1 aliphatic rings. The summed E-state index contributed by atoms with van der Waals surface area (Å²) >= 11 is 0.